The topological polar surface area (TPSA) is 77.5 Å². The number of ether oxygens (including phenoxy) is 4. The second-order valence-electron chi connectivity index (χ2n) is 10.2. The second-order valence-corrected chi connectivity index (χ2v) is 10.2. The normalized spacial score (nSPS) is 17.4. The minimum absolute atomic E-state index is 0.0966. The molecule has 0 saturated carbocycles. The van der Waals surface area contributed by atoms with Crippen molar-refractivity contribution in [2.24, 2.45) is 0 Å². The first-order valence-electron chi connectivity index (χ1n) is 12.1. The zero-order valence-corrected chi connectivity index (χ0v) is 21.6. The van der Waals surface area contributed by atoms with Crippen molar-refractivity contribution in [2.75, 3.05) is 32.8 Å². The third-order valence-electron chi connectivity index (χ3n) is 4.91. The summed E-state index contributed by atoms with van der Waals surface area (Å²) >= 11 is 0. The SMILES string of the molecule is CCOC(CCCN(CC1CCCCN1C(=O)OC(C)(C)C)C(=O)OC(C)(C)C)OCC. The van der Waals surface area contributed by atoms with Gasteiger partial charge in [-0.2, -0.15) is 0 Å². The summed E-state index contributed by atoms with van der Waals surface area (Å²) in [6.45, 7) is 17.8. The largest absolute Gasteiger partial charge is 0.444 e. The van der Waals surface area contributed by atoms with Crippen LogP contribution in [0.2, 0.25) is 0 Å². The first-order valence-corrected chi connectivity index (χ1v) is 12.1. The predicted octanol–water partition coefficient (Wildman–Crippen LogP) is 5.19. The number of nitrogens with zero attached hydrogens (tertiary/aromatic N) is 2. The van der Waals surface area contributed by atoms with Gasteiger partial charge in [0.15, 0.2) is 6.29 Å². The average Bonchev–Trinajstić information content (AvgIpc) is 2.65. The number of hydrogen-bond acceptors (Lipinski definition) is 6. The van der Waals surface area contributed by atoms with Crippen LogP contribution in [0, 0.1) is 0 Å². The van der Waals surface area contributed by atoms with E-state index in [2.05, 4.69) is 0 Å². The van der Waals surface area contributed by atoms with Crippen molar-refractivity contribution in [1.82, 2.24) is 9.80 Å². The number of carbonyl (C=O) groups is 2. The molecular weight excluding hydrogens is 412 g/mol. The van der Waals surface area contributed by atoms with Crippen LogP contribution in [0.1, 0.15) is 87.5 Å². The summed E-state index contributed by atoms with van der Waals surface area (Å²) in [7, 11) is 0. The molecule has 0 aliphatic carbocycles. The lowest BCUT2D eigenvalue weighted by atomic mass is 10.0. The fourth-order valence-electron chi connectivity index (χ4n) is 3.62. The molecule has 8 heteroatoms. The molecule has 1 rings (SSSR count). The van der Waals surface area contributed by atoms with Crippen molar-refractivity contribution in [3.05, 3.63) is 0 Å². The zero-order valence-electron chi connectivity index (χ0n) is 21.6. The molecule has 0 N–H and O–H groups in total. The van der Waals surface area contributed by atoms with Gasteiger partial charge in [0.25, 0.3) is 0 Å². The van der Waals surface area contributed by atoms with E-state index in [1.165, 1.54) is 0 Å². The lowest BCUT2D eigenvalue weighted by molar-refractivity contribution is -0.140. The molecule has 0 aromatic rings. The molecule has 32 heavy (non-hydrogen) atoms. The lowest BCUT2D eigenvalue weighted by Crippen LogP contribution is -2.52. The molecule has 0 aromatic carbocycles. The maximum atomic E-state index is 13.0. The Hall–Kier alpha value is -1.54. The molecule has 8 nitrogen and oxygen atoms in total. The molecule has 0 bridgehead atoms. The van der Waals surface area contributed by atoms with Gasteiger partial charge in [-0.05, 0) is 81.1 Å². The number of carbonyl (C=O) groups excluding carboxylic acids is 2. The van der Waals surface area contributed by atoms with Gasteiger partial charge in [-0.3, -0.25) is 0 Å². The van der Waals surface area contributed by atoms with E-state index >= 15 is 0 Å². The molecule has 1 atom stereocenters. The molecule has 0 radical (unpaired) electrons. The van der Waals surface area contributed by atoms with Crippen LogP contribution in [0.25, 0.3) is 0 Å². The van der Waals surface area contributed by atoms with Gasteiger partial charge < -0.3 is 28.7 Å². The van der Waals surface area contributed by atoms with E-state index in [0.717, 1.165) is 19.3 Å². The van der Waals surface area contributed by atoms with E-state index < -0.39 is 11.2 Å². The molecule has 1 heterocycles. The highest BCUT2D eigenvalue weighted by atomic mass is 16.7. The number of hydrogen-bond donors (Lipinski definition) is 0. The van der Waals surface area contributed by atoms with Crippen LogP contribution >= 0.6 is 0 Å². The van der Waals surface area contributed by atoms with Crippen molar-refractivity contribution >= 4 is 12.2 Å². The molecule has 188 valence electrons. The highest BCUT2D eigenvalue weighted by Crippen LogP contribution is 2.22. The fourth-order valence-corrected chi connectivity index (χ4v) is 3.62. The van der Waals surface area contributed by atoms with Crippen molar-refractivity contribution in [3.8, 4) is 0 Å². The fraction of sp³-hybridized carbons (Fsp3) is 0.917. The molecule has 1 aliphatic heterocycles. The number of rotatable bonds is 10. The van der Waals surface area contributed by atoms with Crippen LogP contribution in [0.15, 0.2) is 0 Å². The summed E-state index contributed by atoms with van der Waals surface area (Å²) in [6.07, 6.45) is 3.22. The smallest absolute Gasteiger partial charge is 0.410 e. The summed E-state index contributed by atoms with van der Waals surface area (Å²) in [5.41, 5.74) is -1.15. The number of amides is 2. The minimum Gasteiger partial charge on any atom is -0.444 e. The first-order chi connectivity index (χ1) is 14.9. The van der Waals surface area contributed by atoms with Gasteiger partial charge in [0.05, 0.1) is 6.04 Å². The molecule has 1 unspecified atom stereocenters. The van der Waals surface area contributed by atoms with Crippen molar-refractivity contribution < 1.29 is 28.5 Å². The van der Waals surface area contributed by atoms with Crippen molar-refractivity contribution in [1.29, 1.82) is 0 Å². The second kappa shape index (κ2) is 13.2. The van der Waals surface area contributed by atoms with Crippen LogP contribution in [-0.2, 0) is 18.9 Å². The Labute approximate surface area is 194 Å². The van der Waals surface area contributed by atoms with Crippen LogP contribution < -0.4 is 0 Å². The van der Waals surface area contributed by atoms with Crippen LogP contribution in [0.5, 0.6) is 0 Å². The van der Waals surface area contributed by atoms with E-state index in [1.54, 1.807) is 9.80 Å². The molecule has 0 aromatic heterocycles. The van der Waals surface area contributed by atoms with Gasteiger partial charge in [0.2, 0.25) is 0 Å². The van der Waals surface area contributed by atoms with Crippen molar-refractivity contribution in [2.45, 2.75) is 111 Å². The summed E-state index contributed by atoms with van der Waals surface area (Å²) in [4.78, 5) is 29.2. The minimum atomic E-state index is -0.591. The summed E-state index contributed by atoms with van der Waals surface area (Å²) in [5, 5.41) is 0. The maximum absolute atomic E-state index is 13.0. The average molecular weight is 459 g/mol. The van der Waals surface area contributed by atoms with E-state index in [-0.39, 0.29) is 24.5 Å². The van der Waals surface area contributed by atoms with E-state index in [0.29, 0.717) is 45.7 Å². The zero-order chi connectivity index (χ0) is 24.4. The van der Waals surface area contributed by atoms with Crippen LogP contribution in [0.4, 0.5) is 9.59 Å². The molecule has 0 spiro atoms. The molecule has 1 saturated heterocycles. The molecule has 1 fully saturated rings. The van der Waals surface area contributed by atoms with E-state index in [4.69, 9.17) is 18.9 Å². The molecule has 1 aliphatic rings. The quantitative estimate of drug-likeness (QED) is 0.419. The molecular formula is C24H46N2O6. The Kier molecular flexibility index (Phi) is 11.8. The van der Waals surface area contributed by atoms with Gasteiger partial charge in [-0.25, -0.2) is 9.59 Å². The Morgan fingerprint density at radius 2 is 1.56 bits per heavy atom. The van der Waals surface area contributed by atoms with Crippen LogP contribution in [-0.4, -0.2) is 78.4 Å². The highest BCUT2D eigenvalue weighted by Gasteiger charge is 2.33. The van der Waals surface area contributed by atoms with Gasteiger partial charge in [0.1, 0.15) is 11.2 Å². The number of piperidine rings is 1. The lowest BCUT2D eigenvalue weighted by Gasteiger charge is -2.39. The standard InChI is InChI=1S/C24H46N2O6/c1-9-29-20(30-10-2)15-13-16-25(21(27)31-23(3,4)5)18-19-14-11-12-17-26(19)22(28)32-24(6,7)8/h19-20H,9-18H2,1-8H3. The van der Waals surface area contributed by atoms with Gasteiger partial charge >= 0.3 is 12.2 Å². The summed E-state index contributed by atoms with van der Waals surface area (Å²) in [5.74, 6) is 0. The summed E-state index contributed by atoms with van der Waals surface area (Å²) < 4.78 is 22.5. The van der Waals surface area contributed by atoms with Gasteiger partial charge in [-0.15, -0.1) is 0 Å². The Morgan fingerprint density at radius 3 is 2.09 bits per heavy atom. The summed E-state index contributed by atoms with van der Waals surface area (Å²) in [6, 6.07) is -0.0966. The Bertz CT molecular complexity index is 564. The van der Waals surface area contributed by atoms with Gasteiger partial charge in [0, 0.05) is 39.3 Å². The Balaban J connectivity index is 2.87. The number of likely N-dealkylation sites (tertiary alicyclic amines) is 1. The Morgan fingerprint density at radius 1 is 0.969 bits per heavy atom. The highest BCUT2D eigenvalue weighted by molar-refractivity contribution is 5.70. The first kappa shape index (κ1) is 28.5. The van der Waals surface area contributed by atoms with E-state index in [1.807, 2.05) is 55.4 Å². The maximum Gasteiger partial charge on any atom is 0.410 e. The third-order valence-corrected chi connectivity index (χ3v) is 4.91. The monoisotopic (exact) mass is 458 g/mol. The van der Waals surface area contributed by atoms with Crippen molar-refractivity contribution in [3.63, 3.8) is 0 Å². The van der Waals surface area contributed by atoms with Crippen LogP contribution in [0.3, 0.4) is 0 Å². The predicted molar refractivity (Wildman–Crippen MR) is 125 cm³/mol. The van der Waals surface area contributed by atoms with Gasteiger partial charge in [-0.1, -0.05) is 0 Å². The third kappa shape index (κ3) is 11.4. The van der Waals surface area contributed by atoms with E-state index in [9.17, 15) is 9.59 Å². The molecule has 2 amide bonds.